The molecule has 0 atom stereocenters. The first-order valence-electron chi connectivity index (χ1n) is 9.24. The highest BCUT2D eigenvalue weighted by Gasteiger charge is 2.35. The van der Waals surface area contributed by atoms with E-state index in [1.165, 1.54) is 16.8 Å². The number of hydrazone groups is 1. The molecule has 148 valence electrons. The number of fused-ring (bicyclic) bond motifs is 1. The largest absolute Gasteiger partial charge is 0.318 e. The highest BCUT2D eigenvalue weighted by molar-refractivity contribution is 8.26. The van der Waals surface area contributed by atoms with Crippen LogP contribution in [-0.2, 0) is 4.79 Å². The van der Waals surface area contributed by atoms with E-state index in [4.69, 9.17) is 17.0 Å². The average Bonchev–Trinajstić information content (AvgIpc) is 3.20. The summed E-state index contributed by atoms with van der Waals surface area (Å²) < 4.78 is 2.13. The number of aryl methyl sites for hydroxylation is 2. The van der Waals surface area contributed by atoms with Gasteiger partial charge in [0.15, 0.2) is 5.84 Å². The van der Waals surface area contributed by atoms with Gasteiger partial charge in [-0.15, -0.1) is 0 Å². The van der Waals surface area contributed by atoms with Gasteiger partial charge in [0.1, 0.15) is 5.04 Å². The van der Waals surface area contributed by atoms with Crippen LogP contribution in [0.3, 0.4) is 0 Å². The van der Waals surface area contributed by atoms with Crippen LogP contribution in [0.25, 0.3) is 11.8 Å². The van der Waals surface area contributed by atoms with Crippen molar-refractivity contribution in [2.75, 3.05) is 0 Å². The summed E-state index contributed by atoms with van der Waals surface area (Å²) in [6.45, 7) is 8.02. The minimum Gasteiger partial charge on any atom is -0.318 e. The molecule has 2 aliphatic heterocycles. The van der Waals surface area contributed by atoms with Crippen molar-refractivity contribution in [1.82, 2.24) is 9.58 Å². The number of hydrogen-bond donors (Lipinski definition) is 1. The monoisotopic (exact) mass is 425 g/mol. The second-order valence-electron chi connectivity index (χ2n) is 6.96. The molecule has 6 nitrogen and oxygen atoms in total. The van der Waals surface area contributed by atoms with Crippen LogP contribution in [0.1, 0.15) is 35.9 Å². The highest BCUT2D eigenvalue weighted by atomic mass is 35.5. The summed E-state index contributed by atoms with van der Waals surface area (Å²) in [6, 6.07) is 7.79. The standard InChI is InChI=1S/C21H20ClN5OS/c1-5-18-25-27-19(23)16(20(28)24-21(27)29-18)10-14-9-12(3)26(13(14)4)17-7-6-15(22)8-11(17)2/h6-10,23H,5H2,1-4H3/b16-10-,23-19?. The van der Waals surface area contributed by atoms with Crippen molar-refractivity contribution in [2.45, 2.75) is 34.1 Å². The molecular formula is C21H20ClN5OS. The highest BCUT2D eigenvalue weighted by Crippen LogP contribution is 2.31. The number of nitrogens with zero attached hydrogens (tertiary/aromatic N) is 4. The summed E-state index contributed by atoms with van der Waals surface area (Å²) in [5.41, 5.74) is 5.21. The van der Waals surface area contributed by atoms with Crippen LogP contribution >= 0.6 is 23.4 Å². The van der Waals surface area contributed by atoms with Gasteiger partial charge < -0.3 is 4.57 Å². The Hall–Kier alpha value is -2.64. The van der Waals surface area contributed by atoms with Gasteiger partial charge in [-0.2, -0.15) is 15.1 Å². The molecule has 0 spiro atoms. The van der Waals surface area contributed by atoms with E-state index in [-0.39, 0.29) is 11.4 Å². The predicted molar refractivity (Wildman–Crippen MR) is 120 cm³/mol. The van der Waals surface area contributed by atoms with E-state index >= 15 is 0 Å². The number of carbonyl (C=O) groups is 1. The number of halogens is 1. The number of rotatable bonds is 3. The van der Waals surface area contributed by atoms with E-state index in [1.54, 1.807) is 6.08 Å². The Balaban J connectivity index is 1.77. The van der Waals surface area contributed by atoms with Crippen LogP contribution in [0.5, 0.6) is 0 Å². The zero-order valence-electron chi connectivity index (χ0n) is 16.6. The third kappa shape index (κ3) is 3.34. The Labute approximate surface area is 178 Å². The molecule has 0 bridgehead atoms. The lowest BCUT2D eigenvalue weighted by Crippen LogP contribution is -2.35. The van der Waals surface area contributed by atoms with Crippen LogP contribution in [0.4, 0.5) is 0 Å². The van der Waals surface area contributed by atoms with E-state index in [0.717, 1.165) is 39.7 Å². The topological polar surface area (TPSA) is 73.8 Å². The lowest BCUT2D eigenvalue weighted by molar-refractivity contribution is -0.114. The van der Waals surface area contributed by atoms with Gasteiger partial charge in [0.2, 0.25) is 5.17 Å². The van der Waals surface area contributed by atoms with Crippen molar-refractivity contribution in [2.24, 2.45) is 10.1 Å². The minimum absolute atomic E-state index is 0.0587. The van der Waals surface area contributed by atoms with Gasteiger partial charge in [-0.3, -0.25) is 10.2 Å². The van der Waals surface area contributed by atoms with Gasteiger partial charge in [0.05, 0.1) is 5.57 Å². The molecule has 0 fully saturated rings. The second-order valence-corrected chi connectivity index (χ2v) is 8.44. The van der Waals surface area contributed by atoms with Crippen molar-refractivity contribution in [3.8, 4) is 5.69 Å². The fraction of sp³-hybridized carbons (Fsp3) is 0.238. The maximum Gasteiger partial charge on any atom is 0.283 e. The molecule has 2 aliphatic rings. The van der Waals surface area contributed by atoms with E-state index < -0.39 is 5.91 Å². The Morgan fingerprint density at radius 1 is 1.24 bits per heavy atom. The number of aromatic nitrogens is 1. The SMILES string of the molecule is CCC1=NN2C(=N)/C(=C/c3cc(C)n(-c4ccc(Cl)cc4C)c3C)C(=O)N=C2S1. The van der Waals surface area contributed by atoms with Crippen LogP contribution < -0.4 is 0 Å². The van der Waals surface area contributed by atoms with Gasteiger partial charge in [-0.25, -0.2) is 0 Å². The summed E-state index contributed by atoms with van der Waals surface area (Å²) in [5.74, 6) is -0.350. The number of carbonyl (C=O) groups excluding carboxylic acids is 1. The maximum absolute atomic E-state index is 12.6. The zero-order valence-corrected chi connectivity index (χ0v) is 18.1. The Kier molecular flexibility index (Phi) is 4.96. The first-order chi connectivity index (χ1) is 13.8. The van der Waals surface area contributed by atoms with Crippen molar-refractivity contribution in [1.29, 1.82) is 5.41 Å². The molecule has 4 rings (SSSR count). The summed E-state index contributed by atoms with van der Waals surface area (Å²) in [6.07, 6.45) is 2.47. The van der Waals surface area contributed by atoms with Crippen LogP contribution in [0.15, 0.2) is 39.9 Å². The van der Waals surface area contributed by atoms with Crippen LogP contribution in [0.2, 0.25) is 5.02 Å². The number of amidine groups is 2. The Morgan fingerprint density at radius 3 is 2.69 bits per heavy atom. The molecule has 0 unspecified atom stereocenters. The molecule has 0 saturated carbocycles. The number of thioether (sulfide) groups is 1. The summed E-state index contributed by atoms with van der Waals surface area (Å²) in [4.78, 5) is 16.7. The maximum atomic E-state index is 12.6. The number of amides is 1. The van der Waals surface area contributed by atoms with Gasteiger partial charge >= 0.3 is 0 Å². The van der Waals surface area contributed by atoms with Gasteiger partial charge in [0, 0.05) is 22.1 Å². The minimum atomic E-state index is -0.409. The number of aliphatic imine (C=N–C) groups is 1. The van der Waals surface area contributed by atoms with Crippen molar-refractivity contribution in [3.63, 3.8) is 0 Å². The predicted octanol–water partition coefficient (Wildman–Crippen LogP) is 5.09. The van der Waals surface area contributed by atoms with E-state index in [1.807, 2.05) is 52.0 Å². The van der Waals surface area contributed by atoms with Crippen molar-refractivity contribution < 1.29 is 4.79 Å². The first kappa shape index (κ1) is 19.7. The van der Waals surface area contributed by atoms with Crippen LogP contribution in [-0.4, -0.2) is 31.5 Å². The zero-order chi connectivity index (χ0) is 20.9. The van der Waals surface area contributed by atoms with E-state index in [9.17, 15) is 4.79 Å². The van der Waals surface area contributed by atoms with Gasteiger partial charge in [0.25, 0.3) is 5.91 Å². The van der Waals surface area contributed by atoms with Crippen LogP contribution in [0, 0.1) is 26.2 Å². The Morgan fingerprint density at radius 2 is 2.00 bits per heavy atom. The third-order valence-corrected chi connectivity index (χ3v) is 6.26. The number of hydrogen-bond acceptors (Lipinski definition) is 4. The molecule has 8 heteroatoms. The fourth-order valence-electron chi connectivity index (χ4n) is 3.50. The third-order valence-electron chi connectivity index (χ3n) is 4.97. The normalized spacial score (nSPS) is 17.7. The molecule has 29 heavy (non-hydrogen) atoms. The number of nitrogens with one attached hydrogen (secondary N) is 1. The van der Waals surface area contributed by atoms with E-state index in [0.29, 0.717) is 10.2 Å². The molecule has 0 aliphatic carbocycles. The summed E-state index contributed by atoms with van der Waals surface area (Å²) in [5, 5.41) is 16.3. The molecule has 3 heterocycles. The Bertz CT molecular complexity index is 1160. The molecule has 1 aromatic heterocycles. The molecule has 0 radical (unpaired) electrons. The van der Waals surface area contributed by atoms with Gasteiger partial charge in [-0.05, 0) is 80.4 Å². The van der Waals surface area contributed by atoms with Crippen molar-refractivity contribution >= 4 is 51.4 Å². The van der Waals surface area contributed by atoms with Gasteiger partial charge in [-0.1, -0.05) is 18.5 Å². The summed E-state index contributed by atoms with van der Waals surface area (Å²) in [7, 11) is 0. The van der Waals surface area contributed by atoms with Crippen molar-refractivity contribution in [3.05, 3.63) is 57.4 Å². The summed E-state index contributed by atoms with van der Waals surface area (Å²) >= 11 is 7.45. The second kappa shape index (κ2) is 7.31. The molecule has 1 amide bonds. The molecule has 1 aromatic carbocycles. The van der Waals surface area contributed by atoms with E-state index in [2.05, 4.69) is 14.7 Å². The average molecular weight is 426 g/mol. The lowest BCUT2D eigenvalue weighted by Gasteiger charge is -2.20. The molecule has 0 saturated heterocycles. The molecular weight excluding hydrogens is 406 g/mol. The lowest BCUT2D eigenvalue weighted by atomic mass is 10.1. The smallest absolute Gasteiger partial charge is 0.283 e. The molecule has 1 N–H and O–H groups in total. The number of benzene rings is 1. The fourth-order valence-corrected chi connectivity index (χ4v) is 4.56. The molecule has 2 aromatic rings. The first-order valence-corrected chi connectivity index (χ1v) is 10.4. The quantitative estimate of drug-likeness (QED) is 0.696.